The lowest BCUT2D eigenvalue weighted by atomic mass is 10.0. The van der Waals surface area contributed by atoms with Gasteiger partial charge < -0.3 is 9.84 Å². The van der Waals surface area contributed by atoms with Crippen molar-refractivity contribution in [3.05, 3.63) is 65.0 Å². The Balaban J connectivity index is 1.82. The average Bonchev–Trinajstić information content (AvgIpc) is 2.95. The summed E-state index contributed by atoms with van der Waals surface area (Å²) in [7, 11) is 1.54. The summed E-state index contributed by atoms with van der Waals surface area (Å²) in [5.41, 5.74) is 2.46. The molecule has 24 heavy (non-hydrogen) atoms. The quantitative estimate of drug-likeness (QED) is 0.938. The Morgan fingerprint density at radius 2 is 2.04 bits per heavy atom. The first-order valence-electron chi connectivity index (χ1n) is 7.85. The summed E-state index contributed by atoms with van der Waals surface area (Å²) in [5.74, 6) is 0.287. The first-order chi connectivity index (χ1) is 11.6. The van der Waals surface area contributed by atoms with Crippen LogP contribution in [0.1, 0.15) is 29.2 Å². The highest BCUT2D eigenvalue weighted by Crippen LogP contribution is 2.34. The van der Waals surface area contributed by atoms with Crippen molar-refractivity contribution in [3.8, 4) is 11.8 Å². The van der Waals surface area contributed by atoms with E-state index in [1.165, 1.54) is 19.2 Å². The smallest absolute Gasteiger partial charge is 0.136 e. The van der Waals surface area contributed by atoms with Crippen LogP contribution in [0.3, 0.4) is 0 Å². The normalized spacial score (nSPS) is 20.8. The van der Waals surface area contributed by atoms with Crippen LogP contribution < -0.4 is 4.74 Å². The minimum atomic E-state index is -0.409. The third-order valence-corrected chi connectivity index (χ3v) is 4.41. The van der Waals surface area contributed by atoms with Crippen molar-refractivity contribution in [2.75, 3.05) is 13.7 Å². The predicted octanol–water partition coefficient (Wildman–Crippen LogP) is 3.01. The molecule has 1 saturated heterocycles. The Kier molecular flexibility index (Phi) is 4.79. The average molecular weight is 326 g/mol. The molecular formula is C19H19FN2O2. The fraction of sp³-hybridized carbons (Fsp3) is 0.316. The monoisotopic (exact) mass is 326 g/mol. The molecule has 1 aliphatic rings. The summed E-state index contributed by atoms with van der Waals surface area (Å²) >= 11 is 0. The van der Waals surface area contributed by atoms with Crippen LogP contribution >= 0.6 is 0 Å². The summed E-state index contributed by atoms with van der Waals surface area (Å²) in [6.45, 7) is 1.16. The van der Waals surface area contributed by atoms with Gasteiger partial charge in [-0.3, -0.25) is 4.90 Å². The van der Waals surface area contributed by atoms with Crippen molar-refractivity contribution in [1.82, 2.24) is 4.90 Å². The highest BCUT2D eigenvalue weighted by Gasteiger charge is 2.32. The van der Waals surface area contributed by atoms with Crippen LogP contribution in [0.25, 0.3) is 0 Å². The number of aliphatic hydroxyl groups is 1. The van der Waals surface area contributed by atoms with E-state index >= 15 is 0 Å². The predicted molar refractivity (Wildman–Crippen MR) is 87.9 cm³/mol. The fourth-order valence-electron chi connectivity index (χ4n) is 3.26. The minimum Gasteiger partial charge on any atom is -0.495 e. The SMILES string of the molecule is COc1ccc(CN2C[C@H](O)C[C@@H]2c2ccc(F)cc2)cc1C#N. The molecule has 4 nitrogen and oxygen atoms in total. The number of β-amino-alcohol motifs (C(OH)–C–C–N with tert-alkyl or cyclic N) is 1. The van der Waals surface area contributed by atoms with E-state index in [4.69, 9.17) is 4.74 Å². The van der Waals surface area contributed by atoms with Gasteiger partial charge in [-0.15, -0.1) is 0 Å². The molecule has 1 aliphatic heterocycles. The van der Waals surface area contributed by atoms with E-state index in [-0.39, 0.29) is 11.9 Å². The van der Waals surface area contributed by atoms with Gasteiger partial charge in [0.05, 0.1) is 18.8 Å². The molecule has 0 saturated carbocycles. The number of benzene rings is 2. The highest BCUT2D eigenvalue weighted by atomic mass is 19.1. The van der Waals surface area contributed by atoms with Gasteiger partial charge in [0.1, 0.15) is 17.6 Å². The molecule has 0 aromatic heterocycles. The van der Waals surface area contributed by atoms with Gasteiger partial charge in [0, 0.05) is 19.1 Å². The number of nitriles is 1. The van der Waals surface area contributed by atoms with Crippen LogP contribution in [-0.4, -0.2) is 29.8 Å². The van der Waals surface area contributed by atoms with E-state index in [1.807, 2.05) is 12.1 Å². The number of hydrogen-bond acceptors (Lipinski definition) is 4. The van der Waals surface area contributed by atoms with Crippen LogP contribution in [-0.2, 0) is 6.54 Å². The van der Waals surface area contributed by atoms with Gasteiger partial charge in [-0.2, -0.15) is 5.26 Å². The van der Waals surface area contributed by atoms with Crippen LogP contribution in [0.5, 0.6) is 5.75 Å². The molecule has 0 aliphatic carbocycles. The number of likely N-dealkylation sites (tertiary alicyclic amines) is 1. The van der Waals surface area contributed by atoms with Crippen molar-refractivity contribution < 1.29 is 14.2 Å². The van der Waals surface area contributed by atoms with E-state index in [0.717, 1.165) is 11.1 Å². The number of hydrogen-bond donors (Lipinski definition) is 1. The summed E-state index contributed by atoms with van der Waals surface area (Å²) in [6.07, 6.45) is 0.209. The maximum absolute atomic E-state index is 13.1. The standard InChI is InChI=1S/C19H19FN2O2/c1-24-19-7-2-13(8-15(19)10-21)11-22-12-17(23)9-18(22)14-3-5-16(20)6-4-14/h2-8,17-18,23H,9,11-12H2,1H3/t17-,18-/m1/s1. The van der Waals surface area contributed by atoms with Crippen molar-refractivity contribution in [2.24, 2.45) is 0 Å². The summed E-state index contributed by atoms with van der Waals surface area (Å²) in [5, 5.41) is 19.3. The zero-order valence-electron chi connectivity index (χ0n) is 13.4. The number of nitrogens with zero attached hydrogens (tertiary/aromatic N) is 2. The molecule has 124 valence electrons. The van der Waals surface area contributed by atoms with Gasteiger partial charge in [-0.1, -0.05) is 18.2 Å². The molecule has 1 heterocycles. The molecule has 0 spiro atoms. The second kappa shape index (κ2) is 7.00. The third-order valence-electron chi connectivity index (χ3n) is 4.41. The second-order valence-corrected chi connectivity index (χ2v) is 6.03. The Labute approximate surface area is 140 Å². The molecule has 2 atom stereocenters. The Hall–Kier alpha value is -2.42. The van der Waals surface area contributed by atoms with Crippen molar-refractivity contribution in [3.63, 3.8) is 0 Å². The number of ether oxygens (including phenoxy) is 1. The summed E-state index contributed by atoms with van der Waals surface area (Å²) < 4.78 is 18.3. The van der Waals surface area contributed by atoms with E-state index < -0.39 is 6.10 Å². The van der Waals surface area contributed by atoms with Crippen LogP contribution in [0.4, 0.5) is 4.39 Å². The van der Waals surface area contributed by atoms with Crippen LogP contribution in [0, 0.1) is 17.1 Å². The summed E-state index contributed by atoms with van der Waals surface area (Å²) in [6, 6.07) is 14.1. The van der Waals surface area contributed by atoms with Crippen molar-refractivity contribution >= 4 is 0 Å². The fourth-order valence-corrected chi connectivity index (χ4v) is 3.26. The zero-order chi connectivity index (χ0) is 17.1. The largest absolute Gasteiger partial charge is 0.495 e. The van der Waals surface area contributed by atoms with E-state index in [1.54, 1.807) is 18.2 Å². The Morgan fingerprint density at radius 1 is 1.29 bits per heavy atom. The number of halogens is 1. The van der Waals surface area contributed by atoms with E-state index in [9.17, 15) is 14.8 Å². The maximum Gasteiger partial charge on any atom is 0.136 e. The van der Waals surface area contributed by atoms with Crippen LogP contribution in [0.2, 0.25) is 0 Å². The molecule has 1 fully saturated rings. The number of rotatable bonds is 4. The highest BCUT2D eigenvalue weighted by molar-refractivity contribution is 5.45. The second-order valence-electron chi connectivity index (χ2n) is 6.03. The van der Waals surface area contributed by atoms with E-state index in [0.29, 0.717) is 30.8 Å². The van der Waals surface area contributed by atoms with Crippen LogP contribution in [0.15, 0.2) is 42.5 Å². The molecule has 2 aromatic rings. The molecule has 0 amide bonds. The molecule has 0 unspecified atom stereocenters. The number of aliphatic hydroxyl groups excluding tert-OH is 1. The molecule has 0 radical (unpaired) electrons. The van der Waals surface area contributed by atoms with E-state index in [2.05, 4.69) is 11.0 Å². The molecule has 1 N–H and O–H groups in total. The topological polar surface area (TPSA) is 56.5 Å². The molecule has 5 heteroatoms. The minimum absolute atomic E-state index is 0.0354. The van der Waals surface area contributed by atoms with Gasteiger partial charge in [0.15, 0.2) is 0 Å². The van der Waals surface area contributed by atoms with Crippen molar-refractivity contribution in [1.29, 1.82) is 5.26 Å². The number of methoxy groups -OCH3 is 1. The molecular weight excluding hydrogens is 307 g/mol. The lowest BCUT2D eigenvalue weighted by Crippen LogP contribution is -2.24. The molecule has 2 aromatic carbocycles. The Bertz CT molecular complexity index is 755. The van der Waals surface area contributed by atoms with Gasteiger partial charge in [-0.05, 0) is 41.8 Å². The van der Waals surface area contributed by atoms with Gasteiger partial charge in [0.25, 0.3) is 0 Å². The summed E-state index contributed by atoms with van der Waals surface area (Å²) in [4.78, 5) is 2.15. The van der Waals surface area contributed by atoms with Gasteiger partial charge >= 0.3 is 0 Å². The lowest BCUT2D eigenvalue weighted by Gasteiger charge is -2.24. The molecule has 3 rings (SSSR count). The first-order valence-corrected chi connectivity index (χ1v) is 7.85. The lowest BCUT2D eigenvalue weighted by molar-refractivity contribution is 0.172. The van der Waals surface area contributed by atoms with Crippen molar-refractivity contribution in [2.45, 2.75) is 25.1 Å². The maximum atomic E-state index is 13.1. The Morgan fingerprint density at radius 3 is 2.71 bits per heavy atom. The molecule has 0 bridgehead atoms. The van der Waals surface area contributed by atoms with Gasteiger partial charge in [-0.25, -0.2) is 4.39 Å². The first kappa shape index (κ1) is 16.4. The third kappa shape index (κ3) is 3.40. The van der Waals surface area contributed by atoms with Gasteiger partial charge in [0.2, 0.25) is 0 Å². The zero-order valence-corrected chi connectivity index (χ0v) is 13.4.